The summed E-state index contributed by atoms with van der Waals surface area (Å²) in [6.45, 7) is 2.89. The summed E-state index contributed by atoms with van der Waals surface area (Å²) in [5.41, 5.74) is 1.67. The van der Waals surface area contributed by atoms with Crippen LogP contribution >= 0.6 is 11.6 Å². The lowest BCUT2D eigenvalue weighted by Crippen LogP contribution is -2.49. The molecule has 2 aromatic rings. The van der Waals surface area contributed by atoms with Gasteiger partial charge >= 0.3 is 0 Å². The maximum absolute atomic E-state index is 13.7. The Kier molecular flexibility index (Phi) is 6.28. The molecule has 2 aromatic carbocycles. The van der Waals surface area contributed by atoms with Gasteiger partial charge in [0.05, 0.1) is 5.02 Å². The van der Waals surface area contributed by atoms with E-state index in [4.69, 9.17) is 11.6 Å². The molecule has 3 nitrogen and oxygen atoms in total. The van der Waals surface area contributed by atoms with Crippen molar-refractivity contribution in [3.63, 3.8) is 0 Å². The number of hydrogen-bond donors (Lipinski definition) is 0. The normalized spacial score (nSPS) is 17.9. The van der Waals surface area contributed by atoms with Gasteiger partial charge in [-0.2, -0.15) is 0 Å². The van der Waals surface area contributed by atoms with Crippen LogP contribution in [0.4, 0.5) is 4.39 Å². The van der Waals surface area contributed by atoms with Gasteiger partial charge in [-0.1, -0.05) is 41.9 Å². The predicted molar refractivity (Wildman–Crippen MR) is 103 cm³/mol. The molecule has 1 unspecified atom stereocenters. The van der Waals surface area contributed by atoms with E-state index in [1.165, 1.54) is 17.7 Å². The largest absolute Gasteiger partial charge is 0.337 e. The number of benzene rings is 2. The molecule has 1 heterocycles. The van der Waals surface area contributed by atoms with Crippen LogP contribution in [0.5, 0.6) is 0 Å². The number of amides is 1. The van der Waals surface area contributed by atoms with Crippen molar-refractivity contribution in [1.82, 2.24) is 9.80 Å². The van der Waals surface area contributed by atoms with Gasteiger partial charge < -0.3 is 9.80 Å². The number of carbonyl (C=O) groups excluding carboxylic acids is 1. The molecule has 0 radical (unpaired) electrons. The molecule has 1 fully saturated rings. The average Bonchev–Trinajstić information content (AvgIpc) is 2.68. The minimum atomic E-state index is -0.556. The van der Waals surface area contributed by atoms with Crippen LogP contribution in [0.3, 0.4) is 0 Å². The quantitative estimate of drug-likeness (QED) is 0.780. The van der Waals surface area contributed by atoms with Gasteiger partial charge in [0, 0.05) is 31.7 Å². The molecule has 0 aliphatic carbocycles. The second-order valence-electron chi connectivity index (χ2n) is 6.88. The second kappa shape index (κ2) is 8.65. The van der Waals surface area contributed by atoms with Gasteiger partial charge in [-0.25, -0.2) is 4.39 Å². The summed E-state index contributed by atoms with van der Waals surface area (Å²) in [7, 11) is 1.81. The third-order valence-corrected chi connectivity index (χ3v) is 5.38. The van der Waals surface area contributed by atoms with Crippen molar-refractivity contribution in [3.8, 4) is 0 Å². The zero-order valence-corrected chi connectivity index (χ0v) is 15.8. The van der Waals surface area contributed by atoms with Crippen molar-refractivity contribution in [3.05, 3.63) is 70.5 Å². The van der Waals surface area contributed by atoms with Crippen LogP contribution in [0.1, 0.15) is 28.8 Å². The minimum Gasteiger partial charge on any atom is -0.337 e. The summed E-state index contributed by atoms with van der Waals surface area (Å²) in [5.74, 6) is -0.713. The molecule has 0 aromatic heterocycles. The number of nitrogens with zero attached hydrogens (tertiary/aromatic N) is 2. The first-order valence-corrected chi connectivity index (χ1v) is 9.41. The van der Waals surface area contributed by atoms with E-state index in [9.17, 15) is 9.18 Å². The fourth-order valence-electron chi connectivity index (χ4n) is 3.48. The van der Waals surface area contributed by atoms with E-state index < -0.39 is 5.82 Å². The summed E-state index contributed by atoms with van der Waals surface area (Å²) in [6.07, 6.45) is 3.04. The fourth-order valence-corrected chi connectivity index (χ4v) is 3.60. The van der Waals surface area contributed by atoms with Gasteiger partial charge in [-0.05, 0) is 49.6 Å². The third kappa shape index (κ3) is 4.63. The molecular weight excluding hydrogens is 351 g/mol. The SMILES string of the molecule is CN(C(=O)c1ccc(Cl)c(F)c1)C1CCCN(CCc2ccccc2)C1. The van der Waals surface area contributed by atoms with Crippen molar-refractivity contribution in [2.24, 2.45) is 0 Å². The number of hydrogen-bond acceptors (Lipinski definition) is 2. The lowest BCUT2D eigenvalue weighted by atomic mass is 10.0. The highest BCUT2D eigenvalue weighted by atomic mass is 35.5. The molecular formula is C21H24ClFN2O. The lowest BCUT2D eigenvalue weighted by Gasteiger charge is -2.37. The van der Waals surface area contributed by atoms with E-state index in [-0.39, 0.29) is 17.0 Å². The number of likely N-dealkylation sites (N-methyl/N-ethyl adjacent to an activating group) is 1. The summed E-state index contributed by atoms with van der Waals surface area (Å²) >= 11 is 5.71. The van der Waals surface area contributed by atoms with Gasteiger partial charge in [-0.15, -0.1) is 0 Å². The van der Waals surface area contributed by atoms with Crippen molar-refractivity contribution in [1.29, 1.82) is 0 Å². The number of rotatable bonds is 5. The van der Waals surface area contributed by atoms with Gasteiger partial charge in [0.1, 0.15) is 5.82 Å². The Balaban J connectivity index is 1.59. The molecule has 1 aliphatic heterocycles. The zero-order chi connectivity index (χ0) is 18.5. The maximum Gasteiger partial charge on any atom is 0.253 e. The van der Waals surface area contributed by atoms with E-state index in [2.05, 4.69) is 29.2 Å². The molecule has 0 spiro atoms. The third-order valence-electron chi connectivity index (χ3n) is 5.07. The van der Waals surface area contributed by atoms with Crippen LogP contribution in [-0.4, -0.2) is 48.4 Å². The molecule has 3 rings (SSSR count). The Morgan fingerprint density at radius 2 is 2.04 bits per heavy atom. The highest BCUT2D eigenvalue weighted by Gasteiger charge is 2.26. The van der Waals surface area contributed by atoms with Crippen molar-refractivity contribution in [2.45, 2.75) is 25.3 Å². The number of likely N-dealkylation sites (tertiary alicyclic amines) is 1. The minimum absolute atomic E-state index is 0.0361. The first kappa shape index (κ1) is 18.9. The molecule has 1 atom stereocenters. The van der Waals surface area contributed by atoms with Crippen LogP contribution in [-0.2, 0) is 6.42 Å². The van der Waals surface area contributed by atoms with Crippen LogP contribution in [0, 0.1) is 5.82 Å². The Morgan fingerprint density at radius 1 is 1.27 bits per heavy atom. The summed E-state index contributed by atoms with van der Waals surface area (Å²) < 4.78 is 13.7. The van der Waals surface area contributed by atoms with Crippen molar-refractivity contribution in [2.75, 3.05) is 26.7 Å². The highest BCUT2D eigenvalue weighted by Crippen LogP contribution is 2.20. The lowest BCUT2D eigenvalue weighted by molar-refractivity contribution is 0.0619. The van der Waals surface area contributed by atoms with E-state index >= 15 is 0 Å². The van der Waals surface area contributed by atoms with Gasteiger partial charge in [0.2, 0.25) is 0 Å². The van der Waals surface area contributed by atoms with E-state index in [0.29, 0.717) is 5.56 Å². The van der Waals surface area contributed by atoms with Crippen molar-refractivity contribution < 1.29 is 9.18 Å². The smallest absolute Gasteiger partial charge is 0.253 e. The van der Waals surface area contributed by atoms with Gasteiger partial charge in [-0.3, -0.25) is 4.79 Å². The zero-order valence-electron chi connectivity index (χ0n) is 15.0. The Morgan fingerprint density at radius 3 is 2.77 bits per heavy atom. The molecule has 1 aliphatic rings. The molecule has 1 amide bonds. The van der Waals surface area contributed by atoms with Gasteiger partial charge in [0.15, 0.2) is 0 Å². The van der Waals surface area contributed by atoms with Crippen LogP contribution < -0.4 is 0 Å². The highest BCUT2D eigenvalue weighted by molar-refractivity contribution is 6.30. The molecule has 138 valence electrons. The summed E-state index contributed by atoms with van der Waals surface area (Å²) in [5, 5.41) is 0.0361. The van der Waals surface area contributed by atoms with Crippen LogP contribution in [0.15, 0.2) is 48.5 Å². The second-order valence-corrected chi connectivity index (χ2v) is 7.28. The standard InChI is InChI=1S/C21H24ClFN2O/c1-24(21(26)17-9-10-19(22)20(23)14-17)18-8-5-12-25(15-18)13-11-16-6-3-2-4-7-16/h2-4,6-7,9-10,14,18H,5,8,11-13,15H2,1H3. The molecule has 1 saturated heterocycles. The Labute approximate surface area is 159 Å². The first-order valence-electron chi connectivity index (χ1n) is 9.03. The van der Waals surface area contributed by atoms with Crippen LogP contribution in [0.2, 0.25) is 5.02 Å². The van der Waals surface area contributed by atoms with Crippen molar-refractivity contribution >= 4 is 17.5 Å². The van der Waals surface area contributed by atoms with Gasteiger partial charge in [0.25, 0.3) is 5.91 Å². The predicted octanol–water partition coefficient (Wildman–Crippen LogP) is 4.26. The van der Waals surface area contributed by atoms with E-state index in [1.807, 2.05) is 6.07 Å². The molecule has 0 saturated carbocycles. The van der Waals surface area contributed by atoms with E-state index in [0.717, 1.165) is 38.9 Å². The van der Waals surface area contributed by atoms with Crippen LogP contribution in [0.25, 0.3) is 0 Å². The topological polar surface area (TPSA) is 23.6 Å². The summed E-state index contributed by atoms with van der Waals surface area (Å²) in [4.78, 5) is 16.8. The fraction of sp³-hybridized carbons (Fsp3) is 0.381. The molecule has 0 bridgehead atoms. The summed E-state index contributed by atoms with van der Waals surface area (Å²) in [6, 6.07) is 14.8. The molecule has 0 N–H and O–H groups in total. The first-order chi connectivity index (χ1) is 12.5. The number of carbonyl (C=O) groups is 1. The Hall–Kier alpha value is -1.91. The molecule has 5 heteroatoms. The average molecular weight is 375 g/mol. The number of piperidine rings is 1. The number of halogens is 2. The maximum atomic E-state index is 13.7. The monoisotopic (exact) mass is 374 g/mol. The molecule has 26 heavy (non-hydrogen) atoms. The Bertz CT molecular complexity index is 753. The van der Waals surface area contributed by atoms with E-state index in [1.54, 1.807) is 18.0 Å².